The summed E-state index contributed by atoms with van der Waals surface area (Å²) in [6.45, 7) is 2.38. The van der Waals surface area contributed by atoms with Gasteiger partial charge in [0, 0.05) is 29.5 Å². The van der Waals surface area contributed by atoms with Gasteiger partial charge in [0.25, 0.3) is 0 Å². The van der Waals surface area contributed by atoms with Crippen LogP contribution >= 0.6 is 23.2 Å². The lowest BCUT2D eigenvalue weighted by atomic mass is 9.89. The van der Waals surface area contributed by atoms with Crippen LogP contribution in [0.3, 0.4) is 0 Å². The molecule has 0 bridgehead atoms. The average Bonchev–Trinajstić information content (AvgIpc) is 2.42. The molecule has 0 saturated heterocycles. The van der Waals surface area contributed by atoms with Gasteiger partial charge >= 0.3 is 0 Å². The van der Waals surface area contributed by atoms with Gasteiger partial charge in [-0.1, -0.05) is 41.4 Å². The van der Waals surface area contributed by atoms with Gasteiger partial charge in [-0.15, -0.1) is 0 Å². The summed E-state index contributed by atoms with van der Waals surface area (Å²) < 4.78 is 5.59. The molecule has 2 atom stereocenters. The lowest BCUT2D eigenvalue weighted by molar-refractivity contribution is 0.0297. The number of rotatable bonds is 5. The van der Waals surface area contributed by atoms with E-state index in [0.717, 1.165) is 0 Å². The number of hydrogen-bond donors (Lipinski definition) is 0. The minimum atomic E-state index is -0.939. The molecule has 0 spiro atoms. The first-order valence-electron chi connectivity index (χ1n) is 6.53. The van der Waals surface area contributed by atoms with E-state index in [1.54, 1.807) is 30.3 Å². The highest BCUT2D eigenvalue weighted by Crippen LogP contribution is 2.35. The van der Waals surface area contributed by atoms with E-state index >= 15 is 0 Å². The summed E-state index contributed by atoms with van der Waals surface area (Å²) in [7, 11) is 0. The van der Waals surface area contributed by atoms with E-state index in [0.29, 0.717) is 23.6 Å². The summed E-state index contributed by atoms with van der Waals surface area (Å²) >= 11 is 12.3. The van der Waals surface area contributed by atoms with Gasteiger partial charge in [0.2, 0.25) is 0 Å². The summed E-state index contributed by atoms with van der Waals surface area (Å²) in [6.07, 6.45) is 7.73. The van der Waals surface area contributed by atoms with Crippen molar-refractivity contribution < 1.29 is 9.53 Å². The first kappa shape index (κ1) is 15.3. The van der Waals surface area contributed by atoms with E-state index < -0.39 is 5.06 Å². The van der Waals surface area contributed by atoms with Crippen LogP contribution in [0.4, 0.5) is 0 Å². The van der Waals surface area contributed by atoms with Gasteiger partial charge in [0.15, 0.2) is 10.8 Å². The molecule has 0 saturated carbocycles. The molecule has 1 aliphatic rings. The zero-order chi connectivity index (χ0) is 14.6. The van der Waals surface area contributed by atoms with Gasteiger partial charge in [-0.2, -0.15) is 0 Å². The molecule has 1 aromatic carbocycles. The number of alkyl halides is 1. The largest absolute Gasteiger partial charge is 0.356 e. The SMILES string of the molecule is CCOC1(Cl)C=CC=CC1CC(=O)c1ccc(Cl)cc1. The number of ether oxygens (including phenoxy) is 1. The molecule has 1 aromatic rings. The van der Waals surface area contributed by atoms with Gasteiger partial charge < -0.3 is 4.74 Å². The summed E-state index contributed by atoms with van der Waals surface area (Å²) in [6, 6.07) is 6.87. The zero-order valence-electron chi connectivity index (χ0n) is 11.2. The van der Waals surface area contributed by atoms with Crippen LogP contribution in [0.5, 0.6) is 0 Å². The minimum absolute atomic E-state index is 0.0244. The fourth-order valence-electron chi connectivity index (χ4n) is 2.18. The van der Waals surface area contributed by atoms with E-state index in [1.165, 1.54) is 0 Å². The van der Waals surface area contributed by atoms with E-state index in [1.807, 2.05) is 25.2 Å². The maximum Gasteiger partial charge on any atom is 0.167 e. The molecule has 2 nitrogen and oxygen atoms in total. The summed E-state index contributed by atoms with van der Waals surface area (Å²) in [4.78, 5) is 12.3. The first-order chi connectivity index (χ1) is 9.55. The number of carbonyl (C=O) groups is 1. The van der Waals surface area contributed by atoms with Crippen molar-refractivity contribution in [2.24, 2.45) is 5.92 Å². The van der Waals surface area contributed by atoms with Gasteiger partial charge in [0.05, 0.1) is 0 Å². The van der Waals surface area contributed by atoms with Crippen LogP contribution in [0, 0.1) is 5.92 Å². The van der Waals surface area contributed by atoms with Crippen molar-refractivity contribution in [3.05, 3.63) is 59.2 Å². The maximum absolute atomic E-state index is 12.3. The lowest BCUT2D eigenvalue weighted by Crippen LogP contribution is -2.34. The maximum atomic E-state index is 12.3. The fraction of sp³-hybridized carbons (Fsp3) is 0.312. The van der Waals surface area contributed by atoms with Crippen molar-refractivity contribution in [2.75, 3.05) is 6.61 Å². The minimum Gasteiger partial charge on any atom is -0.356 e. The van der Waals surface area contributed by atoms with Crippen LogP contribution in [0.15, 0.2) is 48.6 Å². The van der Waals surface area contributed by atoms with Crippen LogP contribution in [-0.2, 0) is 4.74 Å². The summed E-state index contributed by atoms with van der Waals surface area (Å²) in [5, 5.41) is -0.325. The molecule has 1 aliphatic carbocycles. The number of carbonyl (C=O) groups excluding carboxylic acids is 1. The second kappa shape index (κ2) is 6.57. The highest BCUT2D eigenvalue weighted by Gasteiger charge is 2.36. The van der Waals surface area contributed by atoms with Crippen molar-refractivity contribution in [1.29, 1.82) is 0 Å². The Morgan fingerprint density at radius 1 is 1.30 bits per heavy atom. The highest BCUT2D eigenvalue weighted by molar-refractivity contribution is 6.30. The second-order valence-corrected chi connectivity index (χ2v) is 5.64. The van der Waals surface area contributed by atoms with E-state index in [-0.39, 0.29) is 11.7 Å². The number of allylic oxidation sites excluding steroid dienone is 2. The third-order valence-electron chi connectivity index (χ3n) is 3.22. The fourth-order valence-corrected chi connectivity index (χ4v) is 2.63. The number of benzene rings is 1. The molecule has 20 heavy (non-hydrogen) atoms. The van der Waals surface area contributed by atoms with E-state index in [2.05, 4.69) is 0 Å². The van der Waals surface area contributed by atoms with Gasteiger partial charge in [0.1, 0.15) is 0 Å². The van der Waals surface area contributed by atoms with Crippen LogP contribution in [0.2, 0.25) is 5.02 Å². The molecule has 0 amide bonds. The average molecular weight is 311 g/mol. The molecule has 0 radical (unpaired) electrons. The molecule has 0 aromatic heterocycles. The normalized spacial score (nSPS) is 24.9. The smallest absolute Gasteiger partial charge is 0.167 e. The number of halogens is 2. The third-order valence-corrected chi connectivity index (χ3v) is 3.99. The highest BCUT2D eigenvalue weighted by atomic mass is 35.5. The standard InChI is InChI=1S/C16H16Cl2O2/c1-2-20-16(18)10-4-3-5-13(16)11-15(19)12-6-8-14(17)9-7-12/h3-10,13H,2,11H2,1H3. The van der Waals surface area contributed by atoms with Crippen molar-refractivity contribution in [2.45, 2.75) is 18.4 Å². The predicted molar refractivity (Wildman–Crippen MR) is 82.4 cm³/mol. The Morgan fingerprint density at radius 3 is 2.65 bits per heavy atom. The Labute approximate surface area is 129 Å². The van der Waals surface area contributed by atoms with Gasteiger partial charge in [-0.3, -0.25) is 4.79 Å². The monoisotopic (exact) mass is 310 g/mol. The lowest BCUT2D eigenvalue weighted by Gasteiger charge is -2.32. The Kier molecular flexibility index (Phi) is 5.03. The van der Waals surface area contributed by atoms with Crippen LogP contribution < -0.4 is 0 Å². The molecule has 2 rings (SSSR count). The van der Waals surface area contributed by atoms with Crippen LogP contribution in [0.25, 0.3) is 0 Å². The number of ketones is 1. The van der Waals surface area contributed by atoms with E-state index in [9.17, 15) is 4.79 Å². The molecule has 0 aliphatic heterocycles. The number of Topliss-reactive ketones (excluding diaryl/α,β-unsaturated/α-hetero) is 1. The molecular formula is C16H16Cl2O2. The quantitative estimate of drug-likeness (QED) is 0.585. The second-order valence-electron chi connectivity index (χ2n) is 4.62. The molecule has 106 valence electrons. The van der Waals surface area contributed by atoms with Gasteiger partial charge in [-0.25, -0.2) is 0 Å². The Bertz CT molecular complexity index is 534. The third kappa shape index (κ3) is 3.51. The van der Waals surface area contributed by atoms with Gasteiger partial charge in [-0.05, 0) is 37.3 Å². The first-order valence-corrected chi connectivity index (χ1v) is 7.28. The van der Waals surface area contributed by atoms with Crippen molar-refractivity contribution in [3.63, 3.8) is 0 Å². The van der Waals surface area contributed by atoms with Crippen molar-refractivity contribution in [1.82, 2.24) is 0 Å². The predicted octanol–water partition coefficient (Wildman–Crippen LogP) is 4.63. The van der Waals surface area contributed by atoms with Crippen molar-refractivity contribution in [3.8, 4) is 0 Å². The Morgan fingerprint density at radius 2 is 2.00 bits per heavy atom. The Balaban J connectivity index is 2.11. The van der Waals surface area contributed by atoms with Crippen LogP contribution in [0.1, 0.15) is 23.7 Å². The Hall–Kier alpha value is -1.09. The molecular weight excluding hydrogens is 295 g/mol. The number of hydrogen-bond acceptors (Lipinski definition) is 2. The van der Waals surface area contributed by atoms with Crippen molar-refractivity contribution >= 4 is 29.0 Å². The van der Waals surface area contributed by atoms with E-state index in [4.69, 9.17) is 27.9 Å². The summed E-state index contributed by atoms with van der Waals surface area (Å²) in [5.41, 5.74) is 0.632. The molecule has 2 unspecified atom stereocenters. The zero-order valence-corrected chi connectivity index (χ0v) is 12.7. The molecule has 4 heteroatoms. The summed E-state index contributed by atoms with van der Waals surface area (Å²) in [5.74, 6) is -0.159. The molecule has 0 fully saturated rings. The van der Waals surface area contributed by atoms with Crippen LogP contribution in [-0.4, -0.2) is 17.5 Å². The molecule has 0 N–H and O–H groups in total. The topological polar surface area (TPSA) is 26.3 Å². The molecule has 0 heterocycles.